The Kier molecular flexibility index (Phi) is 5.32. The van der Waals surface area contributed by atoms with E-state index < -0.39 is 17.7 Å². The SMILES string of the molecule is CC(=O)N(CC12C3[C@H]4C5[C@@H]3C1C5(/C=[N+]1/N=C(C(F)(F)F)C=C1C(C)C)C42)c1nc(-c2ccccc2C(C)C)nc2c1CCC2(O)F. The third kappa shape index (κ3) is 3.07. The van der Waals surface area contributed by atoms with E-state index >= 15 is 4.39 Å². The van der Waals surface area contributed by atoms with E-state index in [0.29, 0.717) is 47.3 Å². The van der Waals surface area contributed by atoms with Gasteiger partial charge in [-0.15, -0.1) is 0 Å². The first kappa shape index (κ1) is 28.7. The van der Waals surface area contributed by atoms with Gasteiger partial charge in [-0.3, -0.25) is 9.69 Å². The minimum Gasteiger partial charge on any atom is -0.357 e. The second kappa shape index (κ2) is 8.51. The summed E-state index contributed by atoms with van der Waals surface area (Å²) in [5, 5.41) is 14.7. The number of carbonyl (C=O) groups is 1. The number of hydrazone groups is 1. The minimum absolute atomic E-state index is 0.0724. The molecule has 1 aromatic heterocycles. The van der Waals surface area contributed by atoms with Gasteiger partial charge in [0.1, 0.15) is 11.5 Å². The van der Waals surface area contributed by atoms with E-state index in [1.165, 1.54) is 11.6 Å². The van der Waals surface area contributed by atoms with E-state index in [1.807, 2.05) is 44.3 Å². The molecule has 0 radical (unpaired) electrons. The fraction of sp³-hybridized carbons (Fsp3) is 0.571. The van der Waals surface area contributed by atoms with Gasteiger partial charge in [0, 0.05) is 53.5 Å². The number of rotatable bonds is 7. The summed E-state index contributed by atoms with van der Waals surface area (Å²) in [6.45, 7) is 9.77. The van der Waals surface area contributed by atoms with E-state index in [9.17, 15) is 23.1 Å². The van der Waals surface area contributed by atoms with Gasteiger partial charge in [0.15, 0.2) is 12.0 Å². The summed E-state index contributed by atoms with van der Waals surface area (Å²) < 4.78 is 57.9. The number of benzene rings is 1. The van der Waals surface area contributed by atoms with Crippen LogP contribution in [0.2, 0.25) is 0 Å². The summed E-state index contributed by atoms with van der Waals surface area (Å²) in [7, 11) is 0. The number of aromatic nitrogens is 2. The van der Waals surface area contributed by atoms with Gasteiger partial charge in [-0.2, -0.15) is 13.2 Å². The predicted molar refractivity (Wildman–Crippen MR) is 161 cm³/mol. The molecule has 1 amide bonds. The van der Waals surface area contributed by atoms with E-state index in [2.05, 4.69) is 23.9 Å². The molecule has 11 heteroatoms. The predicted octanol–water partition coefficient (Wildman–Crippen LogP) is 5.97. The number of allylic oxidation sites excluding steroid dienone is 2. The van der Waals surface area contributed by atoms with Crippen molar-refractivity contribution in [2.75, 3.05) is 11.4 Å². The number of carbonyl (C=O) groups excluding carboxylic acids is 1. The molecule has 7 nitrogen and oxygen atoms in total. The topological polar surface area (TPSA) is 81.7 Å². The number of nitrogens with zero attached hydrogens (tertiary/aromatic N) is 5. The lowest BCUT2D eigenvalue weighted by Crippen LogP contribution is -3.11. The molecule has 10 rings (SSSR count). The monoisotopic (exact) mass is 634 g/mol. The quantitative estimate of drug-likeness (QED) is 0.301. The summed E-state index contributed by atoms with van der Waals surface area (Å²) in [6, 6.07) is 7.66. The number of fused-ring (bicyclic) bond motifs is 1. The summed E-state index contributed by atoms with van der Waals surface area (Å²) in [6.07, 6.45) is -1.33. The molecule has 1 N–H and O–H groups in total. The van der Waals surface area contributed by atoms with Gasteiger partial charge in [0.05, 0.1) is 5.41 Å². The van der Waals surface area contributed by atoms with Crippen LogP contribution in [0.4, 0.5) is 23.4 Å². The van der Waals surface area contributed by atoms with E-state index in [4.69, 9.17) is 4.98 Å². The van der Waals surface area contributed by atoms with Crippen LogP contribution < -0.4 is 4.90 Å². The molecule has 46 heavy (non-hydrogen) atoms. The summed E-state index contributed by atoms with van der Waals surface area (Å²) in [5.74, 6) is 0.366. The van der Waals surface area contributed by atoms with Crippen LogP contribution in [0.5, 0.6) is 0 Å². The van der Waals surface area contributed by atoms with Gasteiger partial charge in [0.2, 0.25) is 17.3 Å². The van der Waals surface area contributed by atoms with Crippen LogP contribution in [0.3, 0.4) is 0 Å². The molecule has 2 heterocycles. The van der Waals surface area contributed by atoms with Crippen LogP contribution >= 0.6 is 0 Å². The molecule has 0 spiro atoms. The summed E-state index contributed by atoms with van der Waals surface area (Å²) in [5.41, 5.74) is 1.44. The molecule has 7 aliphatic carbocycles. The van der Waals surface area contributed by atoms with Crippen molar-refractivity contribution < 1.29 is 32.1 Å². The van der Waals surface area contributed by atoms with Crippen molar-refractivity contribution >= 4 is 23.7 Å². The van der Waals surface area contributed by atoms with E-state index in [0.717, 1.165) is 17.2 Å². The van der Waals surface area contributed by atoms with Crippen LogP contribution in [0.15, 0.2) is 41.1 Å². The number of aliphatic hydroxyl groups is 1. The number of anilines is 1. The third-order valence-corrected chi connectivity index (χ3v) is 12.8. The summed E-state index contributed by atoms with van der Waals surface area (Å²) >= 11 is 0. The fourth-order valence-corrected chi connectivity index (χ4v) is 11.4. The third-order valence-electron chi connectivity index (χ3n) is 12.8. The Morgan fingerprint density at radius 2 is 1.80 bits per heavy atom. The molecule has 240 valence electrons. The molecule has 0 saturated heterocycles. The highest BCUT2D eigenvalue weighted by Gasteiger charge is 3.10. The molecule has 6 fully saturated rings. The van der Waals surface area contributed by atoms with Gasteiger partial charge in [0.25, 0.3) is 5.85 Å². The van der Waals surface area contributed by atoms with Crippen LogP contribution in [0.1, 0.15) is 63.8 Å². The van der Waals surface area contributed by atoms with Crippen molar-refractivity contribution in [3.8, 4) is 11.4 Å². The van der Waals surface area contributed by atoms with E-state index in [-0.39, 0.29) is 64.8 Å². The highest BCUT2D eigenvalue weighted by molar-refractivity contribution is 6.00. The smallest absolute Gasteiger partial charge is 0.357 e. The molecule has 7 unspecified atom stereocenters. The maximum Gasteiger partial charge on any atom is 0.439 e. The Bertz CT molecular complexity index is 1840. The lowest BCUT2D eigenvalue weighted by molar-refractivity contribution is -0.642. The average molecular weight is 635 g/mol. The van der Waals surface area contributed by atoms with E-state index in [1.54, 1.807) is 4.90 Å². The molecule has 8 aliphatic rings. The maximum absolute atomic E-state index is 15.5. The van der Waals surface area contributed by atoms with Crippen molar-refractivity contribution in [1.82, 2.24) is 9.97 Å². The zero-order valence-electron chi connectivity index (χ0n) is 26.3. The molecular formula is C35H36F4N5O2+. The highest BCUT2D eigenvalue weighted by atomic mass is 19.4. The Labute approximate surface area is 264 Å². The molecule has 1 aliphatic heterocycles. The van der Waals surface area contributed by atoms with Crippen LogP contribution in [-0.2, 0) is 17.1 Å². The first-order valence-corrected chi connectivity index (χ1v) is 16.4. The zero-order chi connectivity index (χ0) is 32.5. The standard InChI is InChI=1S/C35H36F4N5O2/c1-15(2)18-8-6-7-9-19(18)30-40-29-20(10-11-34(29,36)46)31(41-30)43(17(5)45)13-32-25-23-26-24(25)28(32)33(26,27(23)32)14-44-21(16(3)4)12-22(42-44)35(37,38)39/h6-9,12,14-16,23-28,46H,10-11,13H2,1-5H3/q+1/b44-14+/t23-,24+,25?,26?,27?,28?,32?,33?,34?. The highest BCUT2D eigenvalue weighted by Crippen LogP contribution is 3.10. The molecule has 1 aromatic carbocycles. The number of halogens is 4. The molecule has 0 bridgehead atoms. The number of hydrogen-bond acceptors (Lipinski definition) is 5. The number of hydrogen-bond donors (Lipinski definition) is 1. The lowest BCUT2D eigenvalue weighted by Gasteiger charge is -3.10. The largest absolute Gasteiger partial charge is 0.439 e. The van der Waals surface area contributed by atoms with Gasteiger partial charge in [-0.25, -0.2) is 14.4 Å². The first-order valence-electron chi connectivity index (χ1n) is 16.4. The van der Waals surface area contributed by atoms with Gasteiger partial charge in [-0.05, 0) is 53.4 Å². The first-order chi connectivity index (χ1) is 21.6. The van der Waals surface area contributed by atoms with Gasteiger partial charge in [-0.1, -0.05) is 56.6 Å². The van der Waals surface area contributed by atoms with Crippen molar-refractivity contribution in [3.05, 3.63) is 52.9 Å². The van der Waals surface area contributed by atoms with Crippen molar-refractivity contribution in [2.24, 2.45) is 57.4 Å². The van der Waals surface area contributed by atoms with Gasteiger partial charge < -0.3 is 5.11 Å². The van der Waals surface area contributed by atoms with Gasteiger partial charge >= 0.3 is 6.18 Å². The van der Waals surface area contributed by atoms with Crippen LogP contribution in [0, 0.1) is 52.3 Å². The van der Waals surface area contributed by atoms with Crippen LogP contribution in [0.25, 0.3) is 11.4 Å². The Morgan fingerprint density at radius 3 is 2.43 bits per heavy atom. The second-order valence-electron chi connectivity index (χ2n) is 15.3. The number of alkyl halides is 4. The zero-order valence-corrected chi connectivity index (χ0v) is 26.3. The normalized spacial score (nSPS) is 39.2. The van der Waals surface area contributed by atoms with Crippen molar-refractivity contribution in [2.45, 2.75) is 65.4 Å². The number of amides is 1. The van der Waals surface area contributed by atoms with Crippen molar-refractivity contribution in [1.29, 1.82) is 0 Å². The minimum atomic E-state index is -4.52. The maximum atomic E-state index is 15.5. The molecular weight excluding hydrogens is 598 g/mol. The van der Waals surface area contributed by atoms with Crippen molar-refractivity contribution in [3.63, 3.8) is 0 Å². The Morgan fingerprint density at radius 1 is 1.11 bits per heavy atom. The average Bonchev–Trinajstić information content (AvgIpc) is 3.56. The summed E-state index contributed by atoms with van der Waals surface area (Å²) in [4.78, 5) is 24.6. The Hall–Kier alpha value is -3.47. The molecule has 6 saturated carbocycles. The lowest BCUT2D eigenvalue weighted by atomic mass is 8.92. The fourth-order valence-electron chi connectivity index (χ4n) is 11.4. The second-order valence-corrected chi connectivity index (χ2v) is 15.3. The van der Waals surface area contributed by atoms with Crippen LogP contribution in [-0.4, -0.2) is 50.3 Å². The molecule has 2 aromatic rings. The Balaban J connectivity index is 1.09. The molecule has 9 atom stereocenters.